The van der Waals surface area contributed by atoms with E-state index >= 15 is 0 Å². The van der Waals surface area contributed by atoms with Crippen LogP contribution in [-0.4, -0.2) is 48.5 Å². The molecule has 1 aromatic heterocycles. The Kier molecular flexibility index (Phi) is 5.20. The van der Waals surface area contributed by atoms with Gasteiger partial charge in [0.25, 0.3) is 0 Å². The summed E-state index contributed by atoms with van der Waals surface area (Å²) in [5, 5.41) is 3.02. The van der Waals surface area contributed by atoms with Crippen molar-refractivity contribution in [2.24, 2.45) is 11.8 Å². The summed E-state index contributed by atoms with van der Waals surface area (Å²) in [6, 6.07) is 4.03. The van der Waals surface area contributed by atoms with E-state index in [1.54, 1.807) is 6.20 Å². The molecule has 136 valence electrons. The first-order chi connectivity index (χ1) is 12.3. The Morgan fingerprint density at radius 1 is 1.08 bits per heavy atom. The fourth-order valence-corrected chi connectivity index (χ4v) is 4.79. The van der Waals surface area contributed by atoms with Crippen molar-refractivity contribution in [1.29, 1.82) is 0 Å². The zero-order chi connectivity index (χ0) is 17.1. The predicted octanol–water partition coefficient (Wildman–Crippen LogP) is 3.13. The smallest absolute Gasteiger partial charge is 0.238 e. The number of nitrogens with one attached hydrogen (secondary N) is 1. The second-order valence-electron chi connectivity index (χ2n) is 8.09. The lowest BCUT2D eigenvalue weighted by Crippen LogP contribution is -2.41. The van der Waals surface area contributed by atoms with Crippen LogP contribution in [0.5, 0.6) is 0 Å². The van der Waals surface area contributed by atoms with Gasteiger partial charge in [0.2, 0.25) is 5.91 Å². The van der Waals surface area contributed by atoms with Crippen molar-refractivity contribution in [1.82, 2.24) is 9.88 Å². The summed E-state index contributed by atoms with van der Waals surface area (Å²) in [7, 11) is 0. The standard InChI is InChI=1S/C20H30N4O/c25-20(15-23-13-16-5-6-17(11-16)14-23)22-18-7-8-19(21-12-18)24-9-3-1-2-4-10-24/h7-8,12,16-17H,1-6,9-11,13-15H2,(H,22,25). The summed E-state index contributed by atoms with van der Waals surface area (Å²) in [5.74, 6) is 2.76. The van der Waals surface area contributed by atoms with Crippen LogP contribution in [0, 0.1) is 11.8 Å². The molecular formula is C20H30N4O. The predicted molar refractivity (Wildman–Crippen MR) is 101 cm³/mol. The van der Waals surface area contributed by atoms with Gasteiger partial charge in [0.05, 0.1) is 18.4 Å². The van der Waals surface area contributed by atoms with Crippen molar-refractivity contribution < 1.29 is 4.79 Å². The lowest BCUT2D eigenvalue weighted by molar-refractivity contribution is -0.117. The first kappa shape index (κ1) is 16.8. The molecule has 0 spiro atoms. The van der Waals surface area contributed by atoms with Gasteiger partial charge in [-0.05, 0) is 56.1 Å². The summed E-state index contributed by atoms with van der Waals surface area (Å²) >= 11 is 0. The fourth-order valence-electron chi connectivity index (χ4n) is 4.79. The summed E-state index contributed by atoms with van der Waals surface area (Å²) in [4.78, 5) is 21.6. The van der Waals surface area contributed by atoms with Gasteiger partial charge >= 0.3 is 0 Å². The average Bonchev–Trinajstić information content (AvgIpc) is 2.81. The molecule has 1 N–H and O–H groups in total. The Morgan fingerprint density at radius 2 is 1.80 bits per heavy atom. The number of piperidine rings is 1. The van der Waals surface area contributed by atoms with Crippen LogP contribution in [0.2, 0.25) is 0 Å². The van der Waals surface area contributed by atoms with E-state index < -0.39 is 0 Å². The Hall–Kier alpha value is -1.62. The van der Waals surface area contributed by atoms with E-state index in [4.69, 9.17) is 0 Å². The molecule has 0 aromatic carbocycles. The molecule has 25 heavy (non-hydrogen) atoms. The lowest BCUT2D eigenvalue weighted by atomic mass is 9.99. The molecule has 1 saturated carbocycles. The van der Waals surface area contributed by atoms with Gasteiger partial charge in [0, 0.05) is 26.2 Å². The number of fused-ring (bicyclic) bond motifs is 2. The minimum Gasteiger partial charge on any atom is -0.357 e. The molecule has 1 aliphatic carbocycles. The van der Waals surface area contributed by atoms with Gasteiger partial charge < -0.3 is 10.2 Å². The van der Waals surface area contributed by atoms with Gasteiger partial charge in [-0.15, -0.1) is 0 Å². The largest absolute Gasteiger partial charge is 0.357 e. The first-order valence-corrected chi connectivity index (χ1v) is 9.99. The molecule has 2 aliphatic heterocycles. The highest BCUT2D eigenvalue weighted by Gasteiger charge is 2.33. The summed E-state index contributed by atoms with van der Waals surface area (Å²) in [5.41, 5.74) is 0.809. The fraction of sp³-hybridized carbons (Fsp3) is 0.700. The third kappa shape index (κ3) is 4.32. The Balaban J connectivity index is 1.29. The molecule has 0 radical (unpaired) electrons. The van der Waals surface area contributed by atoms with Gasteiger partial charge in [-0.1, -0.05) is 12.8 Å². The van der Waals surface area contributed by atoms with Crippen LogP contribution in [-0.2, 0) is 4.79 Å². The first-order valence-electron chi connectivity index (χ1n) is 9.99. The van der Waals surface area contributed by atoms with Crippen molar-refractivity contribution in [3.05, 3.63) is 18.3 Å². The summed E-state index contributed by atoms with van der Waals surface area (Å²) in [6.45, 7) is 4.89. The number of likely N-dealkylation sites (tertiary alicyclic amines) is 1. The van der Waals surface area contributed by atoms with E-state index in [0.717, 1.165) is 49.5 Å². The highest BCUT2D eigenvalue weighted by Crippen LogP contribution is 2.36. The van der Waals surface area contributed by atoms with Crippen LogP contribution in [0.3, 0.4) is 0 Å². The molecule has 3 aliphatic rings. The van der Waals surface area contributed by atoms with E-state index in [-0.39, 0.29) is 5.91 Å². The minimum absolute atomic E-state index is 0.0885. The maximum absolute atomic E-state index is 12.4. The molecule has 3 heterocycles. The zero-order valence-corrected chi connectivity index (χ0v) is 15.1. The molecule has 2 unspecified atom stereocenters. The van der Waals surface area contributed by atoms with Gasteiger partial charge in [0.15, 0.2) is 0 Å². The van der Waals surface area contributed by atoms with Crippen LogP contribution in [0.15, 0.2) is 18.3 Å². The van der Waals surface area contributed by atoms with Gasteiger partial charge in [-0.25, -0.2) is 4.98 Å². The Bertz CT molecular complexity index is 568. The number of amides is 1. The van der Waals surface area contributed by atoms with E-state index in [1.807, 2.05) is 12.1 Å². The van der Waals surface area contributed by atoms with Crippen LogP contribution in [0.4, 0.5) is 11.5 Å². The highest BCUT2D eigenvalue weighted by atomic mass is 16.2. The van der Waals surface area contributed by atoms with Crippen LogP contribution >= 0.6 is 0 Å². The third-order valence-corrected chi connectivity index (χ3v) is 6.01. The maximum atomic E-state index is 12.4. The molecule has 3 fully saturated rings. The third-order valence-electron chi connectivity index (χ3n) is 6.01. The van der Waals surface area contributed by atoms with E-state index in [9.17, 15) is 4.79 Å². The quantitative estimate of drug-likeness (QED) is 0.913. The lowest BCUT2D eigenvalue weighted by Gasteiger charge is -2.31. The molecule has 2 saturated heterocycles. The molecule has 2 bridgehead atoms. The van der Waals surface area contributed by atoms with Crippen molar-refractivity contribution in [2.75, 3.05) is 42.9 Å². The second kappa shape index (κ2) is 7.73. The number of carbonyl (C=O) groups excluding carboxylic acids is 1. The van der Waals surface area contributed by atoms with Crippen molar-refractivity contribution in [3.8, 4) is 0 Å². The molecule has 1 aromatic rings. The number of carbonyl (C=O) groups is 1. The maximum Gasteiger partial charge on any atom is 0.238 e. The van der Waals surface area contributed by atoms with E-state index in [2.05, 4.69) is 20.1 Å². The molecule has 5 nitrogen and oxygen atoms in total. The Labute approximate surface area is 150 Å². The van der Waals surface area contributed by atoms with Crippen LogP contribution < -0.4 is 10.2 Å². The van der Waals surface area contributed by atoms with Crippen molar-refractivity contribution >= 4 is 17.4 Å². The Morgan fingerprint density at radius 3 is 2.44 bits per heavy atom. The molecular weight excluding hydrogens is 312 g/mol. The number of rotatable bonds is 4. The van der Waals surface area contributed by atoms with Crippen LogP contribution in [0.25, 0.3) is 0 Å². The second-order valence-corrected chi connectivity index (χ2v) is 8.09. The van der Waals surface area contributed by atoms with E-state index in [0.29, 0.717) is 6.54 Å². The van der Waals surface area contributed by atoms with Crippen molar-refractivity contribution in [3.63, 3.8) is 0 Å². The number of aromatic nitrogens is 1. The number of nitrogens with zero attached hydrogens (tertiary/aromatic N) is 3. The minimum atomic E-state index is 0.0885. The molecule has 1 amide bonds. The SMILES string of the molecule is O=C(CN1CC2CCC(C2)C1)Nc1ccc(N2CCCCCC2)nc1. The molecule has 5 heteroatoms. The number of pyridine rings is 1. The zero-order valence-electron chi connectivity index (χ0n) is 15.1. The molecule has 2 atom stereocenters. The topological polar surface area (TPSA) is 48.5 Å². The monoisotopic (exact) mass is 342 g/mol. The van der Waals surface area contributed by atoms with Gasteiger partial charge in [-0.3, -0.25) is 9.69 Å². The number of hydrogen-bond acceptors (Lipinski definition) is 4. The highest BCUT2D eigenvalue weighted by molar-refractivity contribution is 5.92. The van der Waals surface area contributed by atoms with Gasteiger partial charge in [-0.2, -0.15) is 0 Å². The number of anilines is 2. The summed E-state index contributed by atoms with van der Waals surface area (Å²) < 4.78 is 0. The molecule has 4 rings (SSSR count). The van der Waals surface area contributed by atoms with Crippen molar-refractivity contribution in [2.45, 2.75) is 44.9 Å². The normalized spacial score (nSPS) is 27.1. The average molecular weight is 342 g/mol. The van der Waals surface area contributed by atoms with Gasteiger partial charge in [0.1, 0.15) is 5.82 Å². The van der Waals surface area contributed by atoms with E-state index in [1.165, 1.54) is 44.9 Å². The summed E-state index contributed by atoms with van der Waals surface area (Å²) in [6.07, 6.45) is 11.0. The van der Waals surface area contributed by atoms with Crippen LogP contribution in [0.1, 0.15) is 44.9 Å². The number of hydrogen-bond donors (Lipinski definition) is 1.